The maximum atomic E-state index is 11.0. The lowest BCUT2D eigenvalue weighted by atomic mass is 10.0. The summed E-state index contributed by atoms with van der Waals surface area (Å²) in [5.41, 5.74) is 2.17. The quantitative estimate of drug-likeness (QED) is 0.693. The molecule has 0 aromatic carbocycles. The summed E-state index contributed by atoms with van der Waals surface area (Å²) in [7, 11) is 0. The molecule has 1 saturated heterocycles. The Bertz CT molecular complexity index is 318. The summed E-state index contributed by atoms with van der Waals surface area (Å²) in [4.78, 5) is 15.2. The molecule has 0 saturated carbocycles. The number of carbonyl (C=O) groups is 1. The average molecular weight is 176 g/mol. The molecule has 13 heavy (non-hydrogen) atoms. The third-order valence-electron chi connectivity index (χ3n) is 2.38. The van der Waals surface area contributed by atoms with E-state index in [0.29, 0.717) is 12.3 Å². The van der Waals surface area contributed by atoms with Crippen molar-refractivity contribution in [3.05, 3.63) is 29.6 Å². The highest BCUT2D eigenvalue weighted by Crippen LogP contribution is 2.21. The molecule has 0 bridgehead atoms. The van der Waals surface area contributed by atoms with Crippen LogP contribution in [0.15, 0.2) is 18.3 Å². The number of amides is 1. The van der Waals surface area contributed by atoms with Crippen LogP contribution in [0.3, 0.4) is 0 Å². The number of nitrogens with one attached hydrogen (secondary N) is 1. The van der Waals surface area contributed by atoms with Gasteiger partial charge in [-0.1, -0.05) is 6.07 Å². The van der Waals surface area contributed by atoms with Crippen LogP contribution in [0, 0.1) is 6.92 Å². The van der Waals surface area contributed by atoms with Gasteiger partial charge in [0.05, 0.1) is 0 Å². The van der Waals surface area contributed by atoms with E-state index in [4.69, 9.17) is 0 Å². The Labute approximate surface area is 77.2 Å². The molecule has 0 unspecified atom stereocenters. The van der Waals surface area contributed by atoms with Crippen molar-refractivity contribution >= 4 is 5.91 Å². The standard InChI is InChI=1S/C10H12N2O/c1-7-2-3-8(5-11-7)9-4-10(13)12-6-9/h2-3,5,9H,4,6H2,1H3,(H,12,13)/t9-/m0/s1. The van der Waals surface area contributed by atoms with Gasteiger partial charge in [-0.3, -0.25) is 9.78 Å². The first-order chi connectivity index (χ1) is 6.25. The summed E-state index contributed by atoms with van der Waals surface area (Å²) in [6.07, 6.45) is 2.46. The first kappa shape index (κ1) is 8.23. The Morgan fingerprint density at radius 1 is 1.54 bits per heavy atom. The number of aryl methyl sites for hydroxylation is 1. The zero-order valence-corrected chi connectivity index (χ0v) is 7.58. The molecule has 1 aliphatic rings. The van der Waals surface area contributed by atoms with E-state index in [0.717, 1.165) is 17.8 Å². The first-order valence-electron chi connectivity index (χ1n) is 4.45. The summed E-state index contributed by atoms with van der Waals surface area (Å²) in [6, 6.07) is 4.03. The van der Waals surface area contributed by atoms with Crippen molar-refractivity contribution in [3.63, 3.8) is 0 Å². The molecule has 68 valence electrons. The molecule has 1 amide bonds. The molecule has 1 aromatic heterocycles. The van der Waals surface area contributed by atoms with Crippen LogP contribution in [0.5, 0.6) is 0 Å². The lowest BCUT2D eigenvalue weighted by molar-refractivity contribution is -0.119. The lowest BCUT2D eigenvalue weighted by Gasteiger charge is -2.06. The van der Waals surface area contributed by atoms with Crippen molar-refractivity contribution in [1.29, 1.82) is 0 Å². The molecule has 1 aromatic rings. The minimum atomic E-state index is 0.144. The van der Waals surface area contributed by atoms with Crippen molar-refractivity contribution in [3.8, 4) is 0 Å². The van der Waals surface area contributed by atoms with Crippen molar-refractivity contribution in [2.24, 2.45) is 0 Å². The third-order valence-corrected chi connectivity index (χ3v) is 2.38. The highest BCUT2D eigenvalue weighted by Gasteiger charge is 2.22. The minimum absolute atomic E-state index is 0.144. The summed E-state index contributed by atoms with van der Waals surface area (Å²) in [6.45, 7) is 2.71. The fourth-order valence-corrected chi connectivity index (χ4v) is 1.56. The molecule has 1 aliphatic heterocycles. The van der Waals surface area contributed by atoms with Gasteiger partial charge in [0, 0.05) is 30.8 Å². The van der Waals surface area contributed by atoms with Crippen LogP contribution >= 0.6 is 0 Å². The molecule has 0 radical (unpaired) electrons. The second-order valence-corrected chi connectivity index (χ2v) is 3.44. The van der Waals surface area contributed by atoms with Crippen molar-refractivity contribution < 1.29 is 4.79 Å². The number of nitrogens with zero attached hydrogens (tertiary/aromatic N) is 1. The van der Waals surface area contributed by atoms with Crippen LogP contribution < -0.4 is 5.32 Å². The molecular formula is C10H12N2O. The molecule has 2 heterocycles. The molecule has 0 aliphatic carbocycles. The number of hydrogen-bond acceptors (Lipinski definition) is 2. The molecule has 1 N–H and O–H groups in total. The van der Waals surface area contributed by atoms with Gasteiger partial charge in [0.1, 0.15) is 0 Å². The van der Waals surface area contributed by atoms with E-state index >= 15 is 0 Å². The Kier molecular flexibility index (Phi) is 2.00. The van der Waals surface area contributed by atoms with Crippen molar-refractivity contribution in [1.82, 2.24) is 10.3 Å². The SMILES string of the molecule is Cc1ccc([C@@H]2CNC(=O)C2)cn1. The number of aromatic nitrogens is 1. The van der Waals surface area contributed by atoms with Gasteiger partial charge < -0.3 is 5.32 Å². The molecule has 1 atom stereocenters. The number of hydrogen-bond donors (Lipinski definition) is 1. The van der Waals surface area contributed by atoms with Crippen LogP contribution in [0.25, 0.3) is 0 Å². The van der Waals surface area contributed by atoms with Gasteiger partial charge in [0.15, 0.2) is 0 Å². The summed E-state index contributed by atoms with van der Waals surface area (Å²) >= 11 is 0. The third kappa shape index (κ3) is 1.69. The van der Waals surface area contributed by atoms with E-state index in [9.17, 15) is 4.79 Å². The van der Waals surface area contributed by atoms with E-state index in [1.165, 1.54) is 0 Å². The van der Waals surface area contributed by atoms with Crippen LogP contribution in [-0.4, -0.2) is 17.4 Å². The second-order valence-electron chi connectivity index (χ2n) is 3.44. The lowest BCUT2D eigenvalue weighted by Crippen LogP contribution is -2.13. The van der Waals surface area contributed by atoms with Crippen molar-refractivity contribution in [2.75, 3.05) is 6.54 Å². The molecule has 3 nitrogen and oxygen atoms in total. The highest BCUT2D eigenvalue weighted by atomic mass is 16.1. The topological polar surface area (TPSA) is 42.0 Å². The summed E-state index contributed by atoms with van der Waals surface area (Å²) < 4.78 is 0. The van der Waals surface area contributed by atoms with Crippen LogP contribution in [0.4, 0.5) is 0 Å². The van der Waals surface area contributed by atoms with Gasteiger partial charge >= 0.3 is 0 Å². The number of carbonyl (C=O) groups excluding carboxylic acids is 1. The van der Waals surface area contributed by atoms with E-state index in [1.54, 1.807) is 0 Å². The summed E-state index contributed by atoms with van der Waals surface area (Å²) in [5.74, 6) is 0.464. The van der Waals surface area contributed by atoms with E-state index < -0.39 is 0 Å². The normalized spacial score (nSPS) is 21.6. The number of rotatable bonds is 1. The summed E-state index contributed by atoms with van der Waals surface area (Å²) in [5, 5.41) is 2.82. The molecule has 0 spiro atoms. The smallest absolute Gasteiger partial charge is 0.220 e. The zero-order valence-electron chi connectivity index (χ0n) is 7.58. The first-order valence-corrected chi connectivity index (χ1v) is 4.45. The van der Waals surface area contributed by atoms with Gasteiger partial charge in [0.25, 0.3) is 0 Å². The predicted octanol–water partition coefficient (Wildman–Crippen LogP) is 0.994. The monoisotopic (exact) mass is 176 g/mol. The minimum Gasteiger partial charge on any atom is -0.355 e. The zero-order chi connectivity index (χ0) is 9.26. The Morgan fingerprint density at radius 3 is 2.92 bits per heavy atom. The molecule has 1 fully saturated rings. The Balaban J connectivity index is 2.17. The van der Waals surface area contributed by atoms with Crippen LogP contribution in [-0.2, 0) is 4.79 Å². The van der Waals surface area contributed by atoms with Gasteiger partial charge in [-0.15, -0.1) is 0 Å². The maximum absolute atomic E-state index is 11.0. The van der Waals surface area contributed by atoms with Crippen molar-refractivity contribution in [2.45, 2.75) is 19.3 Å². The van der Waals surface area contributed by atoms with Gasteiger partial charge in [-0.05, 0) is 18.6 Å². The largest absolute Gasteiger partial charge is 0.355 e. The van der Waals surface area contributed by atoms with Gasteiger partial charge in [-0.25, -0.2) is 0 Å². The van der Waals surface area contributed by atoms with E-state index in [1.807, 2.05) is 25.3 Å². The molecular weight excluding hydrogens is 164 g/mol. The van der Waals surface area contributed by atoms with Gasteiger partial charge in [-0.2, -0.15) is 0 Å². The average Bonchev–Trinajstić information content (AvgIpc) is 2.53. The van der Waals surface area contributed by atoms with Crippen LogP contribution in [0.1, 0.15) is 23.6 Å². The van der Waals surface area contributed by atoms with Gasteiger partial charge in [0.2, 0.25) is 5.91 Å². The molecule has 2 rings (SSSR count). The highest BCUT2D eigenvalue weighted by molar-refractivity contribution is 5.79. The predicted molar refractivity (Wildman–Crippen MR) is 49.3 cm³/mol. The fourth-order valence-electron chi connectivity index (χ4n) is 1.56. The number of pyridine rings is 1. The molecule has 3 heteroatoms. The Hall–Kier alpha value is -1.38. The van der Waals surface area contributed by atoms with E-state index in [2.05, 4.69) is 10.3 Å². The second kappa shape index (κ2) is 3.17. The maximum Gasteiger partial charge on any atom is 0.220 e. The fraction of sp³-hybridized carbons (Fsp3) is 0.400. The Morgan fingerprint density at radius 2 is 2.38 bits per heavy atom. The van der Waals surface area contributed by atoms with Crippen LogP contribution in [0.2, 0.25) is 0 Å². The van der Waals surface area contributed by atoms with E-state index in [-0.39, 0.29) is 5.91 Å².